The van der Waals surface area contributed by atoms with Gasteiger partial charge in [-0.05, 0) is 33.8 Å². The molecule has 0 fully saturated rings. The average Bonchev–Trinajstić information content (AvgIpc) is 2.67. The van der Waals surface area contributed by atoms with Crippen molar-refractivity contribution in [3.63, 3.8) is 0 Å². The van der Waals surface area contributed by atoms with Crippen LogP contribution in [0, 0.1) is 24.0 Å². The summed E-state index contributed by atoms with van der Waals surface area (Å²) in [4.78, 5) is 18.6. The van der Waals surface area contributed by atoms with E-state index in [9.17, 15) is 10.1 Å². The molecule has 0 aliphatic rings. The standard InChI is InChI=1S/C12H15N5O3/c1-7(2)20-12-10(17(18)19)11(13-6-14-12)16-9(4)5-8(3)15-16/h5-7H,1-4H3. The second-order valence-corrected chi connectivity index (χ2v) is 4.61. The largest absolute Gasteiger partial charge is 0.470 e. The van der Waals surface area contributed by atoms with Crippen LogP contribution in [0.25, 0.3) is 5.82 Å². The number of nitrogens with zero attached hydrogens (tertiary/aromatic N) is 5. The summed E-state index contributed by atoms with van der Waals surface area (Å²) in [6.45, 7) is 7.15. The molecule has 8 nitrogen and oxygen atoms in total. The molecule has 0 N–H and O–H groups in total. The number of aromatic nitrogens is 4. The van der Waals surface area contributed by atoms with E-state index in [2.05, 4.69) is 15.1 Å². The molecule has 0 spiro atoms. The Morgan fingerprint density at radius 2 is 2.05 bits per heavy atom. The molecule has 2 aromatic rings. The summed E-state index contributed by atoms with van der Waals surface area (Å²) >= 11 is 0. The zero-order chi connectivity index (χ0) is 14.9. The van der Waals surface area contributed by atoms with Crippen LogP contribution in [0.3, 0.4) is 0 Å². The summed E-state index contributed by atoms with van der Waals surface area (Å²) in [5.74, 6) is 0.0498. The Balaban J connectivity index is 2.64. The first kappa shape index (κ1) is 13.9. The fourth-order valence-electron chi connectivity index (χ4n) is 1.82. The molecule has 20 heavy (non-hydrogen) atoms. The Morgan fingerprint density at radius 3 is 2.55 bits per heavy atom. The maximum absolute atomic E-state index is 11.3. The summed E-state index contributed by atoms with van der Waals surface area (Å²) in [7, 11) is 0. The molecule has 106 valence electrons. The molecular formula is C12H15N5O3. The van der Waals surface area contributed by atoms with Crippen LogP contribution in [0.4, 0.5) is 5.69 Å². The van der Waals surface area contributed by atoms with E-state index in [4.69, 9.17) is 4.74 Å². The van der Waals surface area contributed by atoms with Crippen molar-refractivity contribution in [2.24, 2.45) is 0 Å². The maximum Gasteiger partial charge on any atom is 0.375 e. The van der Waals surface area contributed by atoms with Crippen molar-refractivity contribution < 1.29 is 9.66 Å². The highest BCUT2D eigenvalue weighted by Gasteiger charge is 2.27. The van der Waals surface area contributed by atoms with E-state index in [1.165, 1.54) is 11.0 Å². The van der Waals surface area contributed by atoms with Crippen molar-refractivity contribution in [3.05, 3.63) is 33.9 Å². The number of rotatable bonds is 4. The molecule has 0 atom stereocenters. The van der Waals surface area contributed by atoms with Gasteiger partial charge < -0.3 is 4.74 Å². The van der Waals surface area contributed by atoms with Crippen LogP contribution in [-0.4, -0.2) is 30.8 Å². The van der Waals surface area contributed by atoms with Crippen LogP contribution in [0.15, 0.2) is 12.4 Å². The van der Waals surface area contributed by atoms with Gasteiger partial charge in [0.25, 0.3) is 5.88 Å². The monoisotopic (exact) mass is 277 g/mol. The summed E-state index contributed by atoms with van der Waals surface area (Å²) in [6.07, 6.45) is 1.01. The maximum atomic E-state index is 11.3. The molecular weight excluding hydrogens is 262 g/mol. The summed E-state index contributed by atoms with van der Waals surface area (Å²) in [5.41, 5.74) is 1.22. The van der Waals surface area contributed by atoms with Crippen molar-refractivity contribution in [1.29, 1.82) is 0 Å². The Bertz CT molecular complexity index is 651. The number of aryl methyl sites for hydroxylation is 2. The Hall–Kier alpha value is -2.51. The minimum Gasteiger partial charge on any atom is -0.470 e. The Morgan fingerprint density at radius 1 is 1.35 bits per heavy atom. The van der Waals surface area contributed by atoms with Gasteiger partial charge in [-0.15, -0.1) is 0 Å². The van der Waals surface area contributed by atoms with Gasteiger partial charge in [0.15, 0.2) is 0 Å². The summed E-state index contributed by atoms with van der Waals surface area (Å²) in [5, 5.41) is 15.5. The number of ether oxygens (including phenoxy) is 1. The summed E-state index contributed by atoms with van der Waals surface area (Å²) < 4.78 is 6.80. The molecule has 0 amide bonds. The molecule has 0 unspecified atom stereocenters. The van der Waals surface area contributed by atoms with E-state index in [1.807, 2.05) is 13.0 Å². The van der Waals surface area contributed by atoms with Gasteiger partial charge in [0, 0.05) is 5.69 Å². The minimum absolute atomic E-state index is 0.0532. The molecule has 0 bridgehead atoms. The molecule has 2 heterocycles. The highest BCUT2D eigenvalue weighted by molar-refractivity contribution is 5.54. The van der Waals surface area contributed by atoms with E-state index in [1.54, 1.807) is 20.8 Å². The molecule has 0 aliphatic heterocycles. The summed E-state index contributed by atoms with van der Waals surface area (Å²) in [6, 6.07) is 1.81. The van der Waals surface area contributed by atoms with E-state index in [0.717, 1.165) is 11.4 Å². The Kier molecular flexibility index (Phi) is 3.64. The fraction of sp³-hybridized carbons (Fsp3) is 0.417. The van der Waals surface area contributed by atoms with E-state index in [0.29, 0.717) is 0 Å². The topological polar surface area (TPSA) is 96.0 Å². The first-order valence-electron chi connectivity index (χ1n) is 6.10. The quantitative estimate of drug-likeness (QED) is 0.626. The molecule has 2 aromatic heterocycles. The predicted molar refractivity (Wildman–Crippen MR) is 71.0 cm³/mol. The molecule has 0 radical (unpaired) electrons. The molecule has 0 saturated heterocycles. The molecule has 2 rings (SSSR count). The third-order valence-corrected chi connectivity index (χ3v) is 2.51. The lowest BCUT2D eigenvalue weighted by atomic mass is 10.4. The van der Waals surface area contributed by atoms with Gasteiger partial charge >= 0.3 is 5.69 Å². The average molecular weight is 277 g/mol. The van der Waals surface area contributed by atoms with E-state index < -0.39 is 4.92 Å². The van der Waals surface area contributed by atoms with Crippen LogP contribution in [-0.2, 0) is 0 Å². The molecule has 0 aliphatic carbocycles. The van der Waals surface area contributed by atoms with Gasteiger partial charge in [0.1, 0.15) is 6.33 Å². The number of nitro groups is 1. The van der Waals surface area contributed by atoms with Crippen LogP contribution < -0.4 is 4.74 Å². The van der Waals surface area contributed by atoms with Crippen LogP contribution in [0.1, 0.15) is 25.2 Å². The lowest BCUT2D eigenvalue weighted by molar-refractivity contribution is -0.386. The number of hydrogen-bond acceptors (Lipinski definition) is 6. The van der Waals surface area contributed by atoms with Crippen molar-refractivity contribution in [1.82, 2.24) is 19.7 Å². The normalized spacial score (nSPS) is 10.8. The third kappa shape index (κ3) is 2.58. The van der Waals surface area contributed by atoms with Crippen molar-refractivity contribution >= 4 is 5.69 Å². The van der Waals surface area contributed by atoms with Gasteiger partial charge in [0.05, 0.1) is 16.7 Å². The SMILES string of the molecule is Cc1cc(C)n(-c2ncnc(OC(C)C)c2[N+](=O)[O-])n1. The molecule has 0 aromatic carbocycles. The second-order valence-electron chi connectivity index (χ2n) is 4.61. The highest BCUT2D eigenvalue weighted by Crippen LogP contribution is 2.30. The van der Waals surface area contributed by atoms with Crippen molar-refractivity contribution in [3.8, 4) is 11.7 Å². The lowest BCUT2D eigenvalue weighted by Crippen LogP contribution is -2.13. The van der Waals surface area contributed by atoms with Gasteiger partial charge in [0.2, 0.25) is 5.82 Å². The van der Waals surface area contributed by atoms with Crippen LogP contribution in [0.2, 0.25) is 0 Å². The second kappa shape index (κ2) is 5.24. The first-order chi connectivity index (χ1) is 9.40. The third-order valence-electron chi connectivity index (χ3n) is 2.51. The zero-order valence-corrected chi connectivity index (χ0v) is 11.7. The molecule has 8 heteroatoms. The van der Waals surface area contributed by atoms with Gasteiger partial charge in [-0.3, -0.25) is 10.1 Å². The van der Waals surface area contributed by atoms with E-state index >= 15 is 0 Å². The van der Waals surface area contributed by atoms with Crippen LogP contribution >= 0.6 is 0 Å². The van der Waals surface area contributed by atoms with Gasteiger partial charge in [-0.1, -0.05) is 0 Å². The minimum atomic E-state index is -0.552. The zero-order valence-electron chi connectivity index (χ0n) is 11.7. The van der Waals surface area contributed by atoms with Gasteiger partial charge in [-0.2, -0.15) is 10.1 Å². The van der Waals surface area contributed by atoms with E-state index in [-0.39, 0.29) is 23.5 Å². The number of hydrogen-bond donors (Lipinski definition) is 0. The lowest BCUT2D eigenvalue weighted by Gasteiger charge is -2.10. The Labute approximate surface area is 115 Å². The smallest absolute Gasteiger partial charge is 0.375 e. The fourth-order valence-corrected chi connectivity index (χ4v) is 1.82. The van der Waals surface area contributed by atoms with Crippen molar-refractivity contribution in [2.75, 3.05) is 0 Å². The van der Waals surface area contributed by atoms with Crippen molar-refractivity contribution in [2.45, 2.75) is 33.8 Å². The first-order valence-corrected chi connectivity index (χ1v) is 6.10. The predicted octanol–water partition coefficient (Wildman–Crippen LogP) is 1.97. The van der Waals surface area contributed by atoms with Crippen LogP contribution in [0.5, 0.6) is 5.88 Å². The van der Waals surface area contributed by atoms with Gasteiger partial charge in [-0.25, -0.2) is 9.67 Å². The molecule has 0 saturated carbocycles. The highest BCUT2D eigenvalue weighted by atomic mass is 16.6.